The lowest BCUT2D eigenvalue weighted by Gasteiger charge is -2.21. The molecule has 1 atom stereocenters. The van der Waals surface area contributed by atoms with E-state index in [2.05, 4.69) is 59.4 Å². The first-order valence-electron chi connectivity index (χ1n) is 10.2. The first kappa shape index (κ1) is 23.3. The number of ether oxygens (including phenoxy) is 1. The second kappa shape index (κ2) is 11.3. The van der Waals surface area contributed by atoms with E-state index in [9.17, 15) is 0 Å². The van der Waals surface area contributed by atoms with Gasteiger partial charge in [-0.2, -0.15) is 0 Å². The van der Waals surface area contributed by atoms with E-state index in [1.165, 1.54) is 11.1 Å². The van der Waals surface area contributed by atoms with E-state index < -0.39 is 0 Å². The fourth-order valence-corrected chi connectivity index (χ4v) is 3.89. The summed E-state index contributed by atoms with van der Waals surface area (Å²) in [5, 5.41) is 3.36. The van der Waals surface area contributed by atoms with Crippen molar-refractivity contribution in [3.8, 4) is 5.75 Å². The molecule has 1 unspecified atom stereocenters. The van der Waals surface area contributed by atoms with Crippen molar-refractivity contribution in [2.45, 2.75) is 33.1 Å². The fraction of sp³-hybridized carbons (Fsp3) is 0.435. The quantitative estimate of drug-likeness (QED) is 0.324. The number of aryl methyl sites for hydroxylation is 2. The molecule has 0 spiro atoms. The van der Waals surface area contributed by atoms with Crippen molar-refractivity contribution in [2.75, 3.05) is 37.0 Å². The lowest BCUT2D eigenvalue weighted by Crippen LogP contribution is -2.26. The molecule has 0 radical (unpaired) electrons. The van der Waals surface area contributed by atoms with Crippen LogP contribution in [0.25, 0.3) is 0 Å². The average molecular weight is 508 g/mol. The normalized spacial score (nSPS) is 16.4. The molecule has 2 aromatic carbocycles. The van der Waals surface area contributed by atoms with Gasteiger partial charge in [0.25, 0.3) is 0 Å². The van der Waals surface area contributed by atoms with Gasteiger partial charge in [-0.05, 0) is 48.4 Å². The number of methoxy groups -OCH3 is 1. The lowest BCUT2D eigenvalue weighted by molar-refractivity contribution is 0.414. The molecular weight excluding hydrogens is 475 g/mol. The minimum absolute atomic E-state index is 0. The van der Waals surface area contributed by atoms with Gasteiger partial charge >= 0.3 is 0 Å². The number of nitrogens with two attached hydrogens (primary N) is 1. The number of halogens is 1. The van der Waals surface area contributed by atoms with Crippen LogP contribution in [0, 0.1) is 5.92 Å². The molecule has 0 saturated carbocycles. The smallest absolute Gasteiger partial charge is 0.193 e. The van der Waals surface area contributed by atoms with Crippen molar-refractivity contribution >= 4 is 41.3 Å². The van der Waals surface area contributed by atoms with Crippen LogP contribution in [0.3, 0.4) is 0 Å². The van der Waals surface area contributed by atoms with Gasteiger partial charge in [0, 0.05) is 25.3 Å². The van der Waals surface area contributed by atoms with Crippen LogP contribution in [-0.4, -0.2) is 32.7 Å². The molecule has 5 nitrogen and oxygen atoms in total. The van der Waals surface area contributed by atoms with Gasteiger partial charge in [-0.1, -0.05) is 44.2 Å². The maximum absolute atomic E-state index is 6.23. The zero-order chi connectivity index (χ0) is 19.9. The Balaban J connectivity index is 0.00000300. The molecule has 0 amide bonds. The molecule has 1 heterocycles. The SMILES string of the molecule is CCc1cccc(CC)c1NC(N)=NCC1CCN(c2ccccc2OC)C1.I. The van der Waals surface area contributed by atoms with Crippen LogP contribution >= 0.6 is 24.0 Å². The van der Waals surface area contributed by atoms with E-state index in [0.717, 1.165) is 56.0 Å². The summed E-state index contributed by atoms with van der Waals surface area (Å²) in [5.41, 5.74) is 11.1. The van der Waals surface area contributed by atoms with E-state index in [1.54, 1.807) is 7.11 Å². The Hall–Kier alpha value is -1.96. The van der Waals surface area contributed by atoms with Gasteiger partial charge in [0.1, 0.15) is 5.75 Å². The number of rotatable bonds is 7. The Morgan fingerprint density at radius 1 is 1.14 bits per heavy atom. The molecule has 1 aliphatic heterocycles. The fourth-order valence-electron chi connectivity index (χ4n) is 3.89. The lowest BCUT2D eigenvalue weighted by atomic mass is 10.0. The van der Waals surface area contributed by atoms with Gasteiger partial charge in [0.15, 0.2) is 5.96 Å². The summed E-state index contributed by atoms with van der Waals surface area (Å²) < 4.78 is 5.50. The summed E-state index contributed by atoms with van der Waals surface area (Å²) in [6.45, 7) is 7.06. The largest absolute Gasteiger partial charge is 0.495 e. The molecule has 1 saturated heterocycles. The van der Waals surface area contributed by atoms with Gasteiger partial charge in [-0.25, -0.2) is 0 Å². The number of benzene rings is 2. The molecule has 0 bridgehead atoms. The molecule has 0 aliphatic carbocycles. The molecule has 6 heteroatoms. The molecule has 3 rings (SSSR count). The van der Waals surface area contributed by atoms with Crippen molar-refractivity contribution < 1.29 is 4.74 Å². The maximum Gasteiger partial charge on any atom is 0.193 e. The van der Waals surface area contributed by atoms with Crippen LogP contribution in [0.4, 0.5) is 11.4 Å². The highest BCUT2D eigenvalue weighted by molar-refractivity contribution is 14.0. The van der Waals surface area contributed by atoms with Crippen molar-refractivity contribution in [3.05, 3.63) is 53.6 Å². The first-order valence-corrected chi connectivity index (χ1v) is 10.2. The highest BCUT2D eigenvalue weighted by Gasteiger charge is 2.24. The summed E-state index contributed by atoms with van der Waals surface area (Å²) >= 11 is 0. The Bertz CT molecular complexity index is 802. The number of hydrogen-bond donors (Lipinski definition) is 2. The van der Waals surface area contributed by atoms with E-state index in [0.29, 0.717) is 11.9 Å². The molecule has 1 fully saturated rings. The number of para-hydroxylation sites is 3. The zero-order valence-corrected chi connectivity index (χ0v) is 20.0. The summed E-state index contributed by atoms with van der Waals surface area (Å²) in [6.07, 6.45) is 3.06. The summed E-state index contributed by atoms with van der Waals surface area (Å²) in [5.74, 6) is 1.93. The van der Waals surface area contributed by atoms with Gasteiger partial charge in [-0.3, -0.25) is 4.99 Å². The van der Waals surface area contributed by atoms with Gasteiger partial charge in [0.2, 0.25) is 0 Å². The predicted molar refractivity (Wildman–Crippen MR) is 134 cm³/mol. The Morgan fingerprint density at radius 3 is 2.48 bits per heavy atom. The van der Waals surface area contributed by atoms with Crippen LogP contribution in [0.1, 0.15) is 31.4 Å². The Kier molecular flexibility index (Phi) is 9.07. The molecule has 158 valence electrons. The number of nitrogens with one attached hydrogen (secondary N) is 1. The van der Waals surface area contributed by atoms with E-state index in [1.807, 2.05) is 12.1 Å². The average Bonchev–Trinajstić information content (AvgIpc) is 3.21. The third-order valence-electron chi connectivity index (χ3n) is 5.48. The highest BCUT2D eigenvalue weighted by Crippen LogP contribution is 2.32. The molecule has 3 N–H and O–H groups in total. The van der Waals surface area contributed by atoms with Crippen molar-refractivity contribution in [1.82, 2.24) is 0 Å². The van der Waals surface area contributed by atoms with Gasteiger partial charge in [0.05, 0.1) is 12.8 Å². The molecular formula is C23H33IN4O. The standard InChI is InChI=1S/C23H32N4O.HI/c1-4-18-9-8-10-19(5-2)22(18)26-23(24)25-15-17-13-14-27(16-17)20-11-6-7-12-21(20)28-3;/h6-12,17H,4-5,13-16H2,1-3H3,(H3,24,25,26);1H. The van der Waals surface area contributed by atoms with Crippen LogP contribution < -0.4 is 20.7 Å². The van der Waals surface area contributed by atoms with Gasteiger partial charge in [-0.15, -0.1) is 24.0 Å². The molecule has 0 aromatic heterocycles. The third-order valence-corrected chi connectivity index (χ3v) is 5.48. The second-order valence-corrected chi connectivity index (χ2v) is 7.28. The van der Waals surface area contributed by atoms with Crippen LogP contribution in [0.15, 0.2) is 47.5 Å². The number of aliphatic imine (C=N–C) groups is 1. The number of nitrogens with zero attached hydrogens (tertiary/aromatic N) is 2. The van der Waals surface area contributed by atoms with Crippen molar-refractivity contribution in [2.24, 2.45) is 16.6 Å². The number of guanidine groups is 1. The first-order chi connectivity index (χ1) is 13.7. The second-order valence-electron chi connectivity index (χ2n) is 7.28. The minimum Gasteiger partial charge on any atom is -0.495 e. The summed E-state index contributed by atoms with van der Waals surface area (Å²) in [6, 6.07) is 14.6. The molecule has 29 heavy (non-hydrogen) atoms. The van der Waals surface area contributed by atoms with Crippen LogP contribution in [0.2, 0.25) is 0 Å². The van der Waals surface area contributed by atoms with Gasteiger partial charge < -0.3 is 20.7 Å². The Morgan fingerprint density at radius 2 is 1.83 bits per heavy atom. The van der Waals surface area contributed by atoms with E-state index in [4.69, 9.17) is 10.5 Å². The Labute approximate surface area is 191 Å². The van der Waals surface area contributed by atoms with E-state index in [-0.39, 0.29) is 24.0 Å². The van der Waals surface area contributed by atoms with Crippen LogP contribution in [0.5, 0.6) is 5.75 Å². The molecule has 1 aliphatic rings. The molecule has 2 aromatic rings. The summed E-state index contributed by atoms with van der Waals surface area (Å²) in [4.78, 5) is 7.03. The predicted octanol–water partition coefficient (Wildman–Crippen LogP) is 4.69. The van der Waals surface area contributed by atoms with E-state index >= 15 is 0 Å². The highest BCUT2D eigenvalue weighted by atomic mass is 127. The van der Waals surface area contributed by atoms with Crippen LogP contribution in [-0.2, 0) is 12.8 Å². The van der Waals surface area contributed by atoms with Crippen molar-refractivity contribution in [3.63, 3.8) is 0 Å². The number of anilines is 2. The maximum atomic E-state index is 6.23. The summed E-state index contributed by atoms with van der Waals surface area (Å²) in [7, 11) is 1.72. The minimum atomic E-state index is 0. The third kappa shape index (κ3) is 5.78. The monoisotopic (exact) mass is 508 g/mol. The topological polar surface area (TPSA) is 62.9 Å². The number of hydrogen-bond acceptors (Lipinski definition) is 3. The van der Waals surface area contributed by atoms with Crippen molar-refractivity contribution in [1.29, 1.82) is 0 Å². The zero-order valence-electron chi connectivity index (χ0n) is 17.6.